The Balaban J connectivity index is 1.50. The quantitative estimate of drug-likeness (QED) is 0.281. The van der Waals surface area contributed by atoms with Gasteiger partial charge in [0.25, 0.3) is 0 Å². The average molecular weight is 462 g/mol. The molecule has 0 bridgehead atoms. The van der Waals surface area contributed by atoms with Crippen LogP contribution in [0.5, 0.6) is 0 Å². The van der Waals surface area contributed by atoms with Crippen LogP contribution in [-0.2, 0) is 24.0 Å². The highest BCUT2D eigenvalue weighted by atomic mass is 16.5. The summed E-state index contributed by atoms with van der Waals surface area (Å²) < 4.78 is 6.07. The van der Waals surface area contributed by atoms with Gasteiger partial charge in [0.2, 0.25) is 5.90 Å². The van der Waals surface area contributed by atoms with Gasteiger partial charge in [-0.1, -0.05) is 80.6 Å². The normalized spacial score (nSPS) is 15.8. The number of hydrogen-bond donors (Lipinski definition) is 0. The van der Waals surface area contributed by atoms with Crippen LogP contribution in [0.15, 0.2) is 88.8 Å². The molecule has 2 heterocycles. The predicted octanol–water partition coefficient (Wildman–Crippen LogP) is 6.89. The molecule has 4 heteroatoms. The SMILES string of the molecule is CCc1cccc(CC)c1N=C(C)c1ccc2cccc(C3=N[C@@H](Cc4ccccc4)CO3)c2n1. The van der Waals surface area contributed by atoms with Crippen LogP contribution in [0.25, 0.3) is 10.9 Å². The number of nitrogens with zero attached hydrogens (tertiary/aromatic N) is 3. The van der Waals surface area contributed by atoms with Gasteiger partial charge in [0.15, 0.2) is 0 Å². The first-order valence-electron chi connectivity index (χ1n) is 12.5. The van der Waals surface area contributed by atoms with Crippen LogP contribution in [0, 0.1) is 0 Å². The van der Waals surface area contributed by atoms with Crippen molar-refractivity contribution >= 4 is 28.2 Å². The van der Waals surface area contributed by atoms with Crippen LogP contribution >= 0.6 is 0 Å². The van der Waals surface area contributed by atoms with Gasteiger partial charge in [-0.15, -0.1) is 0 Å². The first kappa shape index (κ1) is 23.0. The highest BCUT2D eigenvalue weighted by molar-refractivity contribution is 6.08. The van der Waals surface area contributed by atoms with E-state index < -0.39 is 0 Å². The van der Waals surface area contributed by atoms with Gasteiger partial charge in [-0.3, -0.25) is 4.99 Å². The van der Waals surface area contributed by atoms with Crippen molar-refractivity contribution in [1.82, 2.24) is 4.98 Å². The minimum atomic E-state index is 0.118. The van der Waals surface area contributed by atoms with Gasteiger partial charge in [0.05, 0.1) is 34.2 Å². The van der Waals surface area contributed by atoms with Crippen LogP contribution in [0.1, 0.15) is 48.7 Å². The van der Waals surface area contributed by atoms with E-state index >= 15 is 0 Å². The third-order valence-electron chi connectivity index (χ3n) is 6.59. The zero-order chi connectivity index (χ0) is 24.2. The molecule has 3 aromatic carbocycles. The van der Waals surface area contributed by atoms with Crippen molar-refractivity contribution < 1.29 is 4.74 Å². The number of benzene rings is 3. The maximum absolute atomic E-state index is 6.07. The largest absolute Gasteiger partial charge is 0.475 e. The molecule has 0 aliphatic carbocycles. The Hall–Kier alpha value is -3.79. The van der Waals surface area contributed by atoms with Crippen LogP contribution in [0.4, 0.5) is 5.69 Å². The highest BCUT2D eigenvalue weighted by Crippen LogP contribution is 2.28. The summed E-state index contributed by atoms with van der Waals surface area (Å²) in [7, 11) is 0. The van der Waals surface area contributed by atoms with E-state index in [-0.39, 0.29) is 6.04 Å². The molecule has 0 N–H and O–H groups in total. The van der Waals surface area contributed by atoms with Gasteiger partial charge in [-0.2, -0.15) is 0 Å². The van der Waals surface area contributed by atoms with E-state index in [1.54, 1.807) is 0 Å². The Bertz CT molecular complexity index is 1380. The number of pyridine rings is 1. The molecule has 0 saturated carbocycles. The number of aliphatic imine (C=N–C) groups is 2. The summed E-state index contributed by atoms with van der Waals surface area (Å²) in [6.07, 6.45) is 2.78. The summed E-state index contributed by atoms with van der Waals surface area (Å²) in [4.78, 5) is 15.0. The Morgan fingerprint density at radius 2 is 1.63 bits per heavy atom. The molecule has 0 radical (unpaired) electrons. The lowest BCUT2D eigenvalue weighted by atomic mass is 10.0. The van der Waals surface area contributed by atoms with E-state index in [1.165, 1.54) is 16.7 Å². The average Bonchev–Trinajstić information content (AvgIpc) is 3.36. The number of para-hydroxylation sites is 2. The number of ether oxygens (including phenoxy) is 1. The summed E-state index contributed by atoms with van der Waals surface area (Å²) in [6.45, 7) is 6.99. The van der Waals surface area contributed by atoms with E-state index in [2.05, 4.69) is 80.6 Å². The van der Waals surface area contributed by atoms with Gasteiger partial charge in [0, 0.05) is 5.39 Å². The summed E-state index contributed by atoms with van der Waals surface area (Å²) in [6, 6.07) is 27.4. The molecule has 0 unspecified atom stereocenters. The van der Waals surface area contributed by atoms with Crippen LogP contribution in [0.3, 0.4) is 0 Å². The van der Waals surface area contributed by atoms with Crippen molar-refractivity contribution in [2.75, 3.05) is 6.61 Å². The van der Waals surface area contributed by atoms with E-state index in [0.717, 1.165) is 52.8 Å². The second kappa shape index (κ2) is 10.2. The minimum Gasteiger partial charge on any atom is -0.475 e. The van der Waals surface area contributed by atoms with E-state index in [9.17, 15) is 0 Å². The molecular weight excluding hydrogens is 430 g/mol. The molecule has 0 fully saturated rings. The lowest BCUT2D eigenvalue weighted by Gasteiger charge is -2.11. The molecule has 0 spiro atoms. The molecule has 35 heavy (non-hydrogen) atoms. The molecule has 0 amide bonds. The smallest absolute Gasteiger partial charge is 0.218 e. The fourth-order valence-corrected chi connectivity index (χ4v) is 4.66. The second-order valence-electron chi connectivity index (χ2n) is 8.99. The number of aryl methyl sites for hydroxylation is 2. The van der Waals surface area contributed by atoms with Crippen molar-refractivity contribution in [3.05, 3.63) is 107 Å². The first-order valence-corrected chi connectivity index (χ1v) is 12.5. The van der Waals surface area contributed by atoms with E-state index in [0.29, 0.717) is 12.5 Å². The molecule has 5 rings (SSSR count). The zero-order valence-corrected chi connectivity index (χ0v) is 20.7. The molecule has 4 nitrogen and oxygen atoms in total. The van der Waals surface area contributed by atoms with Crippen molar-refractivity contribution in [2.45, 2.75) is 46.1 Å². The van der Waals surface area contributed by atoms with E-state index in [1.807, 2.05) is 19.1 Å². The molecule has 4 aromatic rings. The molecular formula is C31H31N3O. The number of fused-ring (bicyclic) bond motifs is 1. The summed E-state index contributed by atoms with van der Waals surface area (Å²) >= 11 is 0. The maximum atomic E-state index is 6.07. The van der Waals surface area contributed by atoms with Crippen molar-refractivity contribution in [1.29, 1.82) is 0 Å². The lowest BCUT2D eigenvalue weighted by molar-refractivity contribution is 0.317. The topological polar surface area (TPSA) is 46.8 Å². The van der Waals surface area contributed by atoms with Crippen molar-refractivity contribution in [3.8, 4) is 0 Å². The maximum Gasteiger partial charge on any atom is 0.218 e. The first-order chi connectivity index (χ1) is 17.2. The zero-order valence-electron chi connectivity index (χ0n) is 20.7. The fourth-order valence-electron chi connectivity index (χ4n) is 4.66. The summed E-state index contributed by atoms with van der Waals surface area (Å²) in [5, 5.41) is 1.07. The molecule has 1 aliphatic rings. The number of aromatic nitrogens is 1. The Kier molecular flexibility index (Phi) is 6.71. The van der Waals surface area contributed by atoms with Gasteiger partial charge in [-0.05, 0) is 55.0 Å². The standard InChI is InChI=1S/C31H31N3O/c1-4-23-13-9-14-24(5-2)29(23)32-21(3)28-18-17-25-15-10-16-27(30(25)34-28)31-33-26(20-35-31)19-22-11-7-6-8-12-22/h6-18,26H,4-5,19-20H2,1-3H3/t26-/m0/s1. The van der Waals surface area contributed by atoms with Gasteiger partial charge >= 0.3 is 0 Å². The van der Waals surface area contributed by atoms with E-state index in [4.69, 9.17) is 19.7 Å². The molecule has 1 aromatic heterocycles. The Labute approximate surface area is 207 Å². The minimum absolute atomic E-state index is 0.118. The molecule has 1 aliphatic heterocycles. The number of hydrogen-bond acceptors (Lipinski definition) is 4. The second-order valence-corrected chi connectivity index (χ2v) is 8.99. The lowest BCUT2D eigenvalue weighted by Crippen LogP contribution is -2.09. The third kappa shape index (κ3) is 4.88. The fraction of sp³-hybridized carbons (Fsp3) is 0.258. The Morgan fingerprint density at radius 1 is 0.886 bits per heavy atom. The van der Waals surface area contributed by atoms with Gasteiger partial charge in [0.1, 0.15) is 6.61 Å². The number of rotatable bonds is 7. The van der Waals surface area contributed by atoms with Crippen LogP contribution in [-0.4, -0.2) is 29.2 Å². The van der Waals surface area contributed by atoms with Gasteiger partial charge < -0.3 is 4.74 Å². The van der Waals surface area contributed by atoms with Gasteiger partial charge in [-0.25, -0.2) is 9.98 Å². The summed E-state index contributed by atoms with van der Waals surface area (Å²) in [5.74, 6) is 0.681. The molecule has 176 valence electrons. The van der Waals surface area contributed by atoms with Crippen LogP contribution < -0.4 is 0 Å². The molecule has 0 saturated heterocycles. The third-order valence-corrected chi connectivity index (χ3v) is 6.59. The van der Waals surface area contributed by atoms with Crippen LogP contribution in [0.2, 0.25) is 0 Å². The Morgan fingerprint density at radius 3 is 2.37 bits per heavy atom. The summed E-state index contributed by atoms with van der Waals surface area (Å²) in [5.41, 5.74) is 8.51. The van der Waals surface area contributed by atoms with Crippen molar-refractivity contribution in [2.24, 2.45) is 9.98 Å². The highest BCUT2D eigenvalue weighted by Gasteiger charge is 2.22. The van der Waals surface area contributed by atoms with Crippen molar-refractivity contribution in [3.63, 3.8) is 0 Å². The molecule has 1 atom stereocenters. The monoisotopic (exact) mass is 461 g/mol. The predicted molar refractivity (Wildman–Crippen MR) is 145 cm³/mol.